The fraction of sp³-hybridized carbons (Fsp3) is 0.769. The highest BCUT2D eigenvalue weighted by Crippen LogP contribution is 2.20. The van der Waals surface area contributed by atoms with Crippen LogP contribution in [0.1, 0.15) is 38.4 Å². The Morgan fingerprint density at radius 3 is 3.06 bits per heavy atom. The summed E-state index contributed by atoms with van der Waals surface area (Å²) in [5, 5.41) is 3.29. The highest BCUT2D eigenvalue weighted by Gasteiger charge is 2.24. The first kappa shape index (κ1) is 12.6. The third kappa shape index (κ3) is 2.87. The Hall–Kier alpha value is -0.870. The molecule has 17 heavy (non-hydrogen) atoms. The zero-order valence-electron chi connectivity index (χ0n) is 11.2. The van der Waals surface area contributed by atoms with Crippen LogP contribution >= 0.6 is 0 Å². The molecule has 0 spiro atoms. The van der Waals surface area contributed by atoms with Gasteiger partial charge in [-0.05, 0) is 40.3 Å². The van der Waals surface area contributed by atoms with E-state index in [4.69, 9.17) is 0 Å². The normalized spacial score (nSPS) is 21.5. The van der Waals surface area contributed by atoms with Crippen LogP contribution in [0.3, 0.4) is 0 Å². The van der Waals surface area contributed by atoms with Gasteiger partial charge in [0.25, 0.3) is 0 Å². The third-order valence-corrected chi connectivity index (χ3v) is 3.61. The molecule has 4 heteroatoms. The van der Waals surface area contributed by atoms with Crippen molar-refractivity contribution in [1.82, 2.24) is 19.8 Å². The zero-order chi connectivity index (χ0) is 12.3. The molecule has 0 saturated carbocycles. The van der Waals surface area contributed by atoms with Crippen molar-refractivity contribution >= 4 is 0 Å². The minimum Gasteiger partial charge on any atom is -0.331 e. The number of rotatable bonds is 5. The Morgan fingerprint density at radius 2 is 2.35 bits per heavy atom. The van der Waals surface area contributed by atoms with Crippen LogP contribution in [0.25, 0.3) is 0 Å². The monoisotopic (exact) mass is 236 g/mol. The fourth-order valence-corrected chi connectivity index (χ4v) is 2.70. The lowest BCUT2D eigenvalue weighted by atomic mass is 10.2. The van der Waals surface area contributed by atoms with Gasteiger partial charge < -0.3 is 9.88 Å². The summed E-state index contributed by atoms with van der Waals surface area (Å²) in [4.78, 5) is 6.85. The highest BCUT2D eigenvalue weighted by molar-refractivity contribution is 5.01. The molecule has 1 N–H and O–H groups in total. The second kappa shape index (κ2) is 5.65. The van der Waals surface area contributed by atoms with E-state index in [1.165, 1.54) is 25.1 Å². The van der Waals surface area contributed by atoms with Crippen LogP contribution in [-0.4, -0.2) is 40.6 Å². The summed E-state index contributed by atoms with van der Waals surface area (Å²) in [5.74, 6) is 0. The Morgan fingerprint density at radius 1 is 1.53 bits per heavy atom. The second-order valence-corrected chi connectivity index (χ2v) is 5.21. The maximum Gasteiger partial charge on any atom is 0.0951 e. The van der Waals surface area contributed by atoms with Crippen LogP contribution < -0.4 is 5.32 Å². The van der Waals surface area contributed by atoms with Gasteiger partial charge in [-0.25, -0.2) is 4.98 Å². The lowest BCUT2D eigenvalue weighted by Crippen LogP contribution is -2.36. The Balaban J connectivity index is 2.02. The zero-order valence-corrected chi connectivity index (χ0v) is 11.2. The average molecular weight is 236 g/mol. The highest BCUT2D eigenvalue weighted by atomic mass is 15.2. The number of nitrogens with zero attached hydrogens (tertiary/aromatic N) is 3. The van der Waals surface area contributed by atoms with Gasteiger partial charge in [0.15, 0.2) is 0 Å². The van der Waals surface area contributed by atoms with Gasteiger partial charge in [-0.15, -0.1) is 0 Å². The molecule has 0 aliphatic carbocycles. The van der Waals surface area contributed by atoms with Crippen molar-refractivity contribution in [3.05, 3.63) is 18.2 Å². The van der Waals surface area contributed by atoms with E-state index in [1.54, 1.807) is 0 Å². The van der Waals surface area contributed by atoms with Crippen LogP contribution in [0.2, 0.25) is 0 Å². The molecule has 2 rings (SSSR count). The molecule has 1 aromatic heterocycles. The van der Waals surface area contributed by atoms with Crippen LogP contribution in [-0.2, 0) is 6.54 Å². The van der Waals surface area contributed by atoms with E-state index in [0.717, 1.165) is 13.1 Å². The standard InChI is InChI=1S/C13H24N4/c1-11(2)17-10-15-8-13(17)9-16-6-4-5-12(16)7-14-3/h8,10-12,14H,4-7,9H2,1-3H3. The summed E-state index contributed by atoms with van der Waals surface area (Å²) in [6, 6.07) is 1.19. The molecule has 0 amide bonds. The summed E-state index contributed by atoms with van der Waals surface area (Å²) < 4.78 is 2.27. The minimum absolute atomic E-state index is 0.498. The largest absolute Gasteiger partial charge is 0.331 e. The Labute approximate surface area is 104 Å². The molecular formula is C13H24N4. The lowest BCUT2D eigenvalue weighted by Gasteiger charge is -2.25. The first-order chi connectivity index (χ1) is 8.22. The van der Waals surface area contributed by atoms with Crippen molar-refractivity contribution < 1.29 is 0 Å². The predicted molar refractivity (Wildman–Crippen MR) is 70.0 cm³/mol. The van der Waals surface area contributed by atoms with Gasteiger partial charge in [0.05, 0.1) is 12.0 Å². The topological polar surface area (TPSA) is 33.1 Å². The molecule has 1 unspecified atom stereocenters. The SMILES string of the molecule is CNCC1CCCN1Cc1cncn1C(C)C. The molecule has 4 nitrogen and oxygen atoms in total. The molecule has 1 fully saturated rings. The van der Waals surface area contributed by atoms with Gasteiger partial charge >= 0.3 is 0 Å². The number of aromatic nitrogens is 2. The van der Waals surface area contributed by atoms with Crippen molar-refractivity contribution in [3.8, 4) is 0 Å². The molecule has 1 atom stereocenters. The molecule has 0 radical (unpaired) electrons. The molecular weight excluding hydrogens is 212 g/mol. The van der Waals surface area contributed by atoms with E-state index in [1.807, 2.05) is 19.6 Å². The smallest absolute Gasteiger partial charge is 0.0951 e. The van der Waals surface area contributed by atoms with Crippen LogP contribution in [0, 0.1) is 0 Å². The first-order valence-electron chi connectivity index (χ1n) is 6.61. The van der Waals surface area contributed by atoms with Crippen LogP contribution in [0.4, 0.5) is 0 Å². The molecule has 1 aliphatic rings. The van der Waals surface area contributed by atoms with Crippen molar-refractivity contribution in [3.63, 3.8) is 0 Å². The van der Waals surface area contributed by atoms with Gasteiger partial charge in [-0.1, -0.05) is 0 Å². The van der Waals surface area contributed by atoms with Crippen molar-refractivity contribution in [1.29, 1.82) is 0 Å². The Bertz CT molecular complexity index is 345. The molecule has 2 heterocycles. The van der Waals surface area contributed by atoms with E-state index >= 15 is 0 Å². The Kier molecular flexibility index (Phi) is 4.18. The number of hydrogen-bond donors (Lipinski definition) is 1. The van der Waals surface area contributed by atoms with Gasteiger partial charge in [0.1, 0.15) is 0 Å². The molecule has 1 aliphatic heterocycles. The average Bonchev–Trinajstić information content (AvgIpc) is 2.89. The maximum absolute atomic E-state index is 4.28. The lowest BCUT2D eigenvalue weighted by molar-refractivity contribution is 0.235. The first-order valence-corrected chi connectivity index (χ1v) is 6.61. The molecule has 0 aromatic carbocycles. The van der Waals surface area contributed by atoms with Crippen molar-refractivity contribution in [2.45, 2.75) is 45.3 Å². The molecule has 1 aromatic rings. The summed E-state index contributed by atoms with van der Waals surface area (Å²) in [6.45, 7) is 7.76. The molecule has 96 valence electrons. The van der Waals surface area contributed by atoms with Crippen molar-refractivity contribution in [2.24, 2.45) is 0 Å². The van der Waals surface area contributed by atoms with Crippen molar-refractivity contribution in [2.75, 3.05) is 20.1 Å². The quantitative estimate of drug-likeness (QED) is 0.844. The second-order valence-electron chi connectivity index (χ2n) is 5.21. The molecule has 1 saturated heterocycles. The van der Waals surface area contributed by atoms with E-state index in [2.05, 4.69) is 33.6 Å². The summed E-state index contributed by atoms with van der Waals surface area (Å²) in [5.41, 5.74) is 1.34. The van der Waals surface area contributed by atoms with Gasteiger partial charge in [0, 0.05) is 31.4 Å². The summed E-state index contributed by atoms with van der Waals surface area (Å²) in [7, 11) is 2.04. The third-order valence-electron chi connectivity index (χ3n) is 3.61. The van der Waals surface area contributed by atoms with E-state index in [9.17, 15) is 0 Å². The molecule has 0 bridgehead atoms. The predicted octanol–water partition coefficient (Wildman–Crippen LogP) is 1.65. The van der Waals surface area contributed by atoms with E-state index in [-0.39, 0.29) is 0 Å². The van der Waals surface area contributed by atoms with Crippen LogP contribution in [0.15, 0.2) is 12.5 Å². The number of hydrogen-bond acceptors (Lipinski definition) is 3. The number of imidazole rings is 1. The van der Waals surface area contributed by atoms with Gasteiger partial charge in [0.2, 0.25) is 0 Å². The number of nitrogens with one attached hydrogen (secondary N) is 1. The van der Waals surface area contributed by atoms with Gasteiger partial charge in [-0.2, -0.15) is 0 Å². The maximum atomic E-state index is 4.28. The summed E-state index contributed by atoms with van der Waals surface area (Å²) >= 11 is 0. The number of likely N-dealkylation sites (tertiary alicyclic amines) is 1. The van der Waals surface area contributed by atoms with E-state index < -0.39 is 0 Å². The minimum atomic E-state index is 0.498. The van der Waals surface area contributed by atoms with Gasteiger partial charge in [-0.3, -0.25) is 4.90 Å². The summed E-state index contributed by atoms with van der Waals surface area (Å²) in [6.07, 6.45) is 6.59. The van der Waals surface area contributed by atoms with Crippen LogP contribution in [0.5, 0.6) is 0 Å². The van der Waals surface area contributed by atoms with E-state index in [0.29, 0.717) is 12.1 Å². The fourth-order valence-electron chi connectivity index (χ4n) is 2.70. The number of likely N-dealkylation sites (N-methyl/N-ethyl adjacent to an activating group) is 1.